The maximum atomic E-state index is 14.1. The van der Waals surface area contributed by atoms with Gasteiger partial charge in [-0.2, -0.15) is 4.37 Å². The Kier molecular flexibility index (Phi) is 6.29. The fraction of sp³-hybridized carbons (Fsp3) is 0.286. The smallest absolute Gasteiger partial charge is 0.219 e. The van der Waals surface area contributed by atoms with Gasteiger partial charge in [0, 0.05) is 11.5 Å². The molecular formula is C21H21F2N5OS. The Hall–Kier alpha value is -2.91. The molecule has 156 valence electrons. The van der Waals surface area contributed by atoms with Crippen molar-refractivity contribution in [3.8, 4) is 16.3 Å². The van der Waals surface area contributed by atoms with Gasteiger partial charge in [-0.25, -0.2) is 18.8 Å². The van der Waals surface area contributed by atoms with Crippen molar-refractivity contribution in [1.82, 2.24) is 14.7 Å². The van der Waals surface area contributed by atoms with Crippen LogP contribution < -0.4 is 15.8 Å². The molecule has 0 aliphatic carbocycles. The maximum absolute atomic E-state index is 14.1. The average Bonchev–Trinajstić information content (AvgIpc) is 3.20. The predicted molar refractivity (Wildman–Crippen MR) is 113 cm³/mol. The van der Waals surface area contributed by atoms with E-state index in [1.807, 2.05) is 0 Å². The van der Waals surface area contributed by atoms with E-state index in [4.69, 9.17) is 10.5 Å². The third-order valence-corrected chi connectivity index (χ3v) is 5.60. The monoisotopic (exact) mass is 429 g/mol. The van der Waals surface area contributed by atoms with E-state index in [-0.39, 0.29) is 17.1 Å². The average molecular weight is 429 g/mol. The summed E-state index contributed by atoms with van der Waals surface area (Å²) < 4.78 is 38.3. The van der Waals surface area contributed by atoms with Gasteiger partial charge in [-0.1, -0.05) is 12.1 Å². The van der Waals surface area contributed by atoms with Gasteiger partial charge < -0.3 is 15.8 Å². The van der Waals surface area contributed by atoms with Crippen LogP contribution in [0.5, 0.6) is 5.06 Å². The number of rotatable bonds is 6. The zero-order chi connectivity index (χ0) is 20.9. The molecule has 3 heterocycles. The molecule has 1 fully saturated rings. The summed E-state index contributed by atoms with van der Waals surface area (Å²) in [5.41, 5.74) is 6.90. The lowest BCUT2D eigenvalue weighted by molar-refractivity contribution is 0.220. The van der Waals surface area contributed by atoms with Crippen molar-refractivity contribution in [3.63, 3.8) is 0 Å². The van der Waals surface area contributed by atoms with Gasteiger partial charge >= 0.3 is 0 Å². The van der Waals surface area contributed by atoms with E-state index in [1.165, 1.54) is 35.8 Å². The second-order valence-electron chi connectivity index (χ2n) is 7.00. The molecule has 30 heavy (non-hydrogen) atoms. The Balaban J connectivity index is 1.54. The molecule has 0 amide bonds. The molecule has 0 radical (unpaired) electrons. The van der Waals surface area contributed by atoms with E-state index < -0.39 is 11.6 Å². The lowest BCUT2D eigenvalue weighted by Gasteiger charge is -2.22. The number of nitrogens with two attached hydrogens (primary N) is 1. The summed E-state index contributed by atoms with van der Waals surface area (Å²) in [7, 11) is 0. The number of ether oxygens (including phenoxy) is 1. The number of hydrogen-bond donors (Lipinski definition) is 2. The number of halogens is 2. The molecule has 1 aliphatic heterocycles. The lowest BCUT2D eigenvalue weighted by Crippen LogP contribution is -2.30. The second kappa shape index (κ2) is 9.27. The normalized spacial score (nSPS) is 15.3. The van der Waals surface area contributed by atoms with E-state index in [9.17, 15) is 8.78 Å². The molecular weight excluding hydrogens is 408 g/mol. The van der Waals surface area contributed by atoms with Crippen molar-refractivity contribution in [2.45, 2.75) is 12.8 Å². The van der Waals surface area contributed by atoms with Crippen LogP contribution in [0.1, 0.15) is 18.5 Å². The number of aliphatic imine (C=N–C) groups is 1. The van der Waals surface area contributed by atoms with Crippen molar-refractivity contribution in [1.29, 1.82) is 0 Å². The van der Waals surface area contributed by atoms with Crippen LogP contribution in [0.25, 0.3) is 11.3 Å². The highest BCUT2D eigenvalue weighted by atomic mass is 32.1. The van der Waals surface area contributed by atoms with Crippen LogP contribution in [0.3, 0.4) is 0 Å². The molecule has 3 N–H and O–H groups in total. The molecule has 4 rings (SSSR count). The van der Waals surface area contributed by atoms with Crippen molar-refractivity contribution < 1.29 is 13.5 Å². The van der Waals surface area contributed by atoms with Crippen molar-refractivity contribution in [2.75, 3.05) is 19.7 Å². The van der Waals surface area contributed by atoms with Crippen molar-refractivity contribution in [2.24, 2.45) is 16.6 Å². The zero-order valence-corrected chi connectivity index (χ0v) is 17.0. The second-order valence-corrected chi connectivity index (χ2v) is 7.77. The molecule has 1 aromatic carbocycles. The minimum atomic E-state index is -0.689. The summed E-state index contributed by atoms with van der Waals surface area (Å²) in [4.78, 5) is 8.68. The fourth-order valence-electron chi connectivity index (χ4n) is 3.29. The quantitative estimate of drug-likeness (QED) is 0.459. The number of nitrogens with zero attached hydrogens (tertiary/aromatic N) is 3. The van der Waals surface area contributed by atoms with Gasteiger partial charge in [0.05, 0.1) is 24.1 Å². The number of aromatic nitrogens is 2. The molecule has 0 atom stereocenters. The Labute approximate surface area is 177 Å². The van der Waals surface area contributed by atoms with Crippen LogP contribution in [-0.4, -0.2) is 34.9 Å². The fourth-order valence-corrected chi connectivity index (χ4v) is 3.85. The van der Waals surface area contributed by atoms with Gasteiger partial charge in [0.15, 0.2) is 0 Å². The highest BCUT2D eigenvalue weighted by molar-refractivity contribution is 7.08. The molecule has 1 saturated heterocycles. The molecule has 2 aromatic heterocycles. The van der Waals surface area contributed by atoms with Crippen LogP contribution in [0.4, 0.5) is 14.5 Å². The molecule has 0 unspecified atom stereocenters. The van der Waals surface area contributed by atoms with E-state index in [0.29, 0.717) is 29.0 Å². The van der Waals surface area contributed by atoms with Crippen LogP contribution >= 0.6 is 11.5 Å². The molecule has 0 spiro atoms. The Bertz CT molecular complexity index is 1030. The minimum Gasteiger partial charge on any atom is -0.481 e. The Morgan fingerprint density at radius 3 is 2.67 bits per heavy atom. The molecule has 6 nitrogen and oxygen atoms in total. The topological polar surface area (TPSA) is 85.4 Å². The summed E-state index contributed by atoms with van der Waals surface area (Å²) in [5, 5.41) is 3.92. The van der Waals surface area contributed by atoms with E-state index >= 15 is 0 Å². The molecule has 9 heteroatoms. The van der Waals surface area contributed by atoms with Crippen LogP contribution in [0.2, 0.25) is 0 Å². The first-order chi connectivity index (χ1) is 14.6. The Morgan fingerprint density at radius 1 is 1.17 bits per heavy atom. The number of benzene rings is 1. The minimum absolute atomic E-state index is 0.112. The summed E-state index contributed by atoms with van der Waals surface area (Å²) in [5.74, 6) is -0.770. The summed E-state index contributed by atoms with van der Waals surface area (Å²) in [6, 6.07) is 8.48. The van der Waals surface area contributed by atoms with Crippen LogP contribution in [0.15, 0.2) is 47.6 Å². The van der Waals surface area contributed by atoms with E-state index in [2.05, 4.69) is 19.7 Å². The van der Waals surface area contributed by atoms with Gasteiger partial charge in [-0.05, 0) is 56.1 Å². The first-order valence-electron chi connectivity index (χ1n) is 9.66. The Morgan fingerprint density at radius 2 is 1.90 bits per heavy atom. The number of nitrogens with one attached hydrogen (secondary N) is 1. The molecule has 0 saturated carbocycles. The third kappa shape index (κ3) is 4.63. The van der Waals surface area contributed by atoms with Crippen LogP contribution in [0, 0.1) is 17.6 Å². The molecule has 1 aliphatic rings. The van der Waals surface area contributed by atoms with E-state index in [1.54, 1.807) is 18.3 Å². The summed E-state index contributed by atoms with van der Waals surface area (Å²) in [6.45, 7) is 2.60. The molecule has 3 aromatic rings. The third-order valence-electron chi connectivity index (χ3n) is 4.90. The maximum Gasteiger partial charge on any atom is 0.219 e. The van der Waals surface area contributed by atoms with Crippen molar-refractivity contribution >= 4 is 23.1 Å². The predicted octanol–water partition coefficient (Wildman–Crippen LogP) is 3.90. The van der Waals surface area contributed by atoms with E-state index in [0.717, 1.165) is 25.9 Å². The van der Waals surface area contributed by atoms with Gasteiger partial charge in [-0.3, -0.25) is 0 Å². The van der Waals surface area contributed by atoms with Gasteiger partial charge in [0.2, 0.25) is 5.06 Å². The number of pyridine rings is 1. The number of hydrogen-bond acceptors (Lipinski definition) is 6. The van der Waals surface area contributed by atoms with Crippen LogP contribution in [-0.2, 0) is 0 Å². The highest BCUT2D eigenvalue weighted by Crippen LogP contribution is 2.33. The summed E-state index contributed by atoms with van der Waals surface area (Å²) in [6.07, 6.45) is 3.72. The van der Waals surface area contributed by atoms with Gasteiger partial charge in [0.1, 0.15) is 28.9 Å². The highest BCUT2D eigenvalue weighted by Gasteiger charge is 2.17. The van der Waals surface area contributed by atoms with Crippen molar-refractivity contribution in [3.05, 3.63) is 59.9 Å². The first-order valence-corrected chi connectivity index (χ1v) is 10.4. The standard InChI is InChI=1S/C21H21F2N5OS/c22-14-3-1-4-15(23)19(14)16-5-2-6-17(27-16)20(24)28-18-11-26-30-21(18)29-12-13-7-9-25-10-8-13/h1-6,11,13,25H,7-10,12H2,(H2,24,28). The molecule has 0 bridgehead atoms. The van der Waals surface area contributed by atoms with Gasteiger partial charge in [0.25, 0.3) is 0 Å². The van der Waals surface area contributed by atoms with Gasteiger partial charge in [-0.15, -0.1) is 0 Å². The largest absolute Gasteiger partial charge is 0.481 e. The number of amidine groups is 1. The lowest BCUT2D eigenvalue weighted by atomic mass is 9.99. The SMILES string of the molecule is NC(=Nc1cnsc1OCC1CCNCC1)c1cccc(-c2c(F)cccc2F)n1. The number of piperidine rings is 1. The zero-order valence-electron chi connectivity index (χ0n) is 16.1. The first kappa shape index (κ1) is 20.4. The summed E-state index contributed by atoms with van der Waals surface area (Å²) >= 11 is 1.21.